The third-order valence-corrected chi connectivity index (χ3v) is 16.3. The van der Waals surface area contributed by atoms with Crippen LogP contribution in [0.15, 0.2) is 249 Å². The smallest absolute Gasteiger partial charge is 0.309 e. The molecule has 13 heteroatoms. The van der Waals surface area contributed by atoms with E-state index in [4.69, 9.17) is 15.0 Å². The molecule has 0 radical (unpaired) electrons. The standard InChI is InChI=1S/C71H41F6N7/c72-70(73,74)43-30-34-65(83-61-28-14-8-22-51(61)53-40-45(32-36-63(53)83)81-57-24-10-4-18-47(57)48-19-5-11-25-58(48)81)55(38-43)68-78-67(42-16-2-1-3-17-42)79-69(80-68)56-39-44(71(75,76)77)31-35-66(56)84-62-29-15-9-23-52(62)54-41-46(33-37-64(54)84)82-59-26-12-6-20-49(59)50-21-7-13-27-60(50)82/h1-41H. The molecule has 0 atom stereocenters. The van der Waals surface area contributed by atoms with Gasteiger partial charge in [0, 0.05) is 71.2 Å². The van der Waals surface area contributed by atoms with Crippen molar-refractivity contribution in [1.82, 2.24) is 33.2 Å². The van der Waals surface area contributed by atoms with Gasteiger partial charge in [0.05, 0.1) is 66.6 Å². The lowest BCUT2D eigenvalue weighted by atomic mass is 10.0. The van der Waals surface area contributed by atoms with Crippen LogP contribution in [0, 0.1) is 0 Å². The number of fused-ring (bicyclic) bond motifs is 12. The summed E-state index contributed by atoms with van der Waals surface area (Å²) in [6.45, 7) is 0. The van der Waals surface area contributed by atoms with Crippen molar-refractivity contribution in [2.45, 2.75) is 12.4 Å². The van der Waals surface area contributed by atoms with E-state index in [1.54, 1.807) is 30.3 Å². The first-order valence-corrected chi connectivity index (χ1v) is 27.2. The van der Waals surface area contributed by atoms with Crippen LogP contribution in [-0.2, 0) is 12.4 Å². The highest BCUT2D eigenvalue weighted by atomic mass is 19.4. The Hall–Kier alpha value is -10.8. The summed E-state index contributed by atoms with van der Waals surface area (Å²) in [6, 6.07) is 76.1. The summed E-state index contributed by atoms with van der Waals surface area (Å²) >= 11 is 0. The van der Waals surface area contributed by atoms with Gasteiger partial charge in [-0.1, -0.05) is 140 Å². The Morgan fingerprint density at radius 2 is 0.548 bits per heavy atom. The molecule has 11 aromatic carbocycles. The summed E-state index contributed by atoms with van der Waals surface area (Å²) in [6.07, 6.45) is -9.62. The van der Waals surface area contributed by atoms with Gasteiger partial charge in [-0.05, 0) is 109 Å². The first-order chi connectivity index (χ1) is 40.9. The zero-order valence-electron chi connectivity index (χ0n) is 44.1. The van der Waals surface area contributed by atoms with E-state index in [0.717, 1.165) is 101 Å². The van der Waals surface area contributed by atoms with Crippen LogP contribution < -0.4 is 0 Å². The van der Waals surface area contributed by atoms with Crippen molar-refractivity contribution in [3.05, 3.63) is 260 Å². The van der Waals surface area contributed by atoms with E-state index >= 15 is 26.3 Å². The normalized spacial score (nSPS) is 12.4. The molecule has 0 fully saturated rings. The average molecular weight is 1110 g/mol. The fraction of sp³-hybridized carbons (Fsp3) is 0.0282. The van der Waals surface area contributed by atoms with E-state index in [9.17, 15) is 0 Å². The molecule has 7 nitrogen and oxygen atoms in total. The van der Waals surface area contributed by atoms with E-state index in [0.29, 0.717) is 39.0 Å². The van der Waals surface area contributed by atoms with Gasteiger partial charge in [0.25, 0.3) is 0 Å². The Morgan fingerprint density at radius 1 is 0.250 bits per heavy atom. The van der Waals surface area contributed by atoms with Crippen molar-refractivity contribution in [2.24, 2.45) is 0 Å². The van der Waals surface area contributed by atoms with Gasteiger partial charge in [0.15, 0.2) is 17.5 Å². The highest BCUT2D eigenvalue weighted by Crippen LogP contribution is 2.45. The van der Waals surface area contributed by atoms with Gasteiger partial charge in [0.1, 0.15) is 0 Å². The summed E-state index contributed by atoms with van der Waals surface area (Å²) in [5.74, 6) is -0.332. The minimum Gasteiger partial charge on any atom is -0.309 e. The Kier molecular flexibility index (Phi) is 10.7. The monoisotopic (exact) mass is 1110 g/mol. The zero-order valence-corrected chi connectivity index (χ0v) is 44.1. The molecule has 16 rings (SSSR count). The number of para-hydroxylation sites is 6. The predicted octanol–water partition coefficient (Wildman–Crippen LogP) is 19.3. The summed E-state index contributed by atoms with van der Waals surface area (Å²) in [5.41, 5.74) is 7.67. The van der Waals surface area contributed by atoms with Crippen molar-refractivity contribution in [2.75, 3.05) is 0 Å². The van der Waals surface area contributed by atoms with Gasteiger partial charge in [-0.15, -0.1) is 0 Å². The number of rotatable bonds is 7. The quantitative estimate of drug-likeness (QED) is 0.149. The first kappa shape index (κ1) is 49.1. The number of hydrogen-bond acceptors (Lipinski definition) is 3. The predicted molar refractivity (Wildman–Crippen MR) is 323 cm³/mol. The number of aromatic nitrogens is 7. The van der Waals surface area contributed by atoms with Crippen LogP contribution in [0.3, 0.4) is 0 Å². The zero-order chi connectivity index (χ0) is 56.6. The molecule has 0 aliphatic rings. The molecule has 84 heavy (non-hydrogen) atoms. The van der Waals surface area contributed by atoms with Crippen LogP contribution in [0.5, 0.6) is 0 Å². The number of halogens is 6. The lowest BCUT2D eigenvalue weighted by Gasteiger charge is -2.19. The Morgan fingerprint density at radius 3 is 0.905 bits per heavy atom. The van der Waals surface area contributed by atoms with Gasteiger partial charge >= 0.3 is 12.4 Å². The minimum absolute atomic E-state index is 0.0252. The van der Waals surface area contributed by atoms with E-state index < -0.39 is 23.5 Å². The lowest BCUT2D eigenvalue weighted by molar-refractivity contribution is -0.138. The molecule has 0 N–H and O–H groups in total. The Balaban J connectivity index is 0.939. The number of nitrogens with zero attached hydrogens (tertiary/aromatic N) is 7. The molecular weight excluding hydrogens is 1060 g/mol. The van der Waals surface area contributed by atoms with Crippen LogP contribution in [0.25, 0.3) is 144 Å². The molecule has 0 unspecified atom stereocenters. The van der Waals surface area contributed by atoms with E-state index in [2.05, 4.69) is 69.8 Å². The maximum Gasteiger partial charge on any atom is 0.416 e. The highest BCUT2D eigenvalue weighted by Gasteiger charge is 2.35. The summed E-state index contributed by atoms with van der Waals surface area (Å²) < 4.78 is 99.7. The van der Waals surface area contributed by atoms with E-state index in [1.807, 2.05) is 130 Å². The molecule has 16 aromatic rings. The first-order valence-electron chi connectivity index (χ1n) is 27.2. The maximum atomic E-state index is 15.2. The molecule has 0 amide bonds. The summed E-state index contributed by atoms with van der Waals surface area (Å²) in [4.78, 5) is 15.0. The van der Waals surface area contributed by atoms with Gasteiger partial charge in [-0.3, -0.25) is 0 Å². The van der Waals surface area contributed by atoms with Crippen LogP contribution in [-0.4, -0.2) is 33.2 Å². The van der Waals surface area contributed by atoms with Crippen LogP contribution in [0.1, 0.15) is 11.1 Å². The number of alkyl halides is 6. The average Bonchev–Trinajstić information content (AvgIpc) is 1.94. The van der Waals surface area contributed by atoms with Crippen molar-refractivity contribution in [1.29, 1.82) is 0 Å². The molecule has 402 valence electrons. The highest BCUT2D eigenvalue weighted by molar-refractivity contribution is 6.14. The molecule has 0 spiro atoms. The van der Waals surface area contributed by atoms with Crippen molar-refractivity contribution in [3.63, 3.8) is 0 Å². The SMILES string of the molecule is FC(F)(F)c1ccc(-n2c3ccccc3c3cc(-n4c5ccccc5c5ccccc54)ccc32)c(-c2nc(-c3ccccc3)nc(-c3cc(C(F)(F)F)ccc3-n3c4ccccc4c4cc(-n5c6ccccc6c6ccccc65)ccc43)n2)c1. The largest absolute Gasteiger partial charge is 0.416 e. The molecule has 5 aromatic heterocycles. The second-order valence-electron chi connectivity index (χ2n) is 21.0. The fourth-order valence-corrected chi connectivity index (χ4v) is 12.6. The molecule has 0 saturated heterocycles. The second kappa shape index (κ2) is 18.4. The topological polar surface area (TPSA) is 58.4 Å². The fourth-order valence-electron chi connectivity index (χ4n) is 12.6. The molecule has 5 heterocycles. The van der Waals surface area contributed by atoms with Crippen molar-refractivity contribution in [3.8, 4) is 56.9 Å². The summed E-state index contributed by atoms with van der Waals surface area (Å²) in [5, 5.41) is 7.71. The van der Waals surface area contributed by atoms with E-state index in [-0.39, 0.29) is 28.6 Å². The minimum atomic E-state index is -4.81. The molecule has 0 aliphatic carbocycles. The lowest BCUT2D eigenvalue weighted by Crippen LogP contribution is -2.10. The third-order valence-electron chi connectivity index (χ3n) is 16.3. The number of hydrogen-bond donors (Lipinski definition) is 0. The van der Waals surface area contributed by atoms with Crippen LogP contribution in [0.4, 0.5) is 26.3 Å². The summed E-state index contributed by atoms with van der Waals surface area (Å²) in [7, 11) is 0. The number of benzene rings is 11. The second-order valence-corrected chi connectivity index (χ2v) is 21.0. The van der Waals surface area contributed by atoms with Crippen molar-refractivity contribution < 1.29 is 26.3 Å². The third kappa shape index (κ3) is 7.58. The van der Waals surface area contributed by atoms with Gasteiger partial charge in [0.2, 0.25) is 0 Å². The maximum absolute atomic E-state index is 15.2. The van der Waals surface area contributed by atoms with Gasteiger partial charge in [-0.25, -0.2) is 15.0 Å². The molecule has 0 saturated carbocycles. The molecular formula is C71H41F6N7. The van der Waals surface area contributed by atoms with Crippen LogP contribution in [0.2, 0.25) is 0 Å². The Labute approximate surface area is 473 Å². The molecule has 0 aliphatic heterocycles. The van der Waals surface area contributed by atoms with Crippen molar-refractivity contribution >= 4 is 87.2 Å². The van der Waals surface area contributed by atoms with Crippen LogP contribution >= 0.6 is 0 Å². The molecule has 0 bridgehead atoms. The van der Waals surface area contributed by atoms with E-state index in [1.165, 1.54) is 12.1 Å². The van der Waals surface area contributed by atoms with Gasteiger partial charge in [-0.2, -0.15) is 26.3 Å². The van der Waals surface area contributed by atoms with Gasteiger partial charge < -0.3 is 18.3 Å². The Bertz CT molecular complexity index is 4960.